The molecule has 96 valence electrons. The monoisotopic (exact) mass is 384 g/mol. The summed E-state index contributed by atoms with van der Waals surface area (Å²) < 4.78 is 16.4. The number of nitrogens with zero attached hydrogens (tertiary/aromatic N) is 3. The van der Waals surface area contributed by atoms with Gasteiger partial charge in [0.05, 0.1) is 10.2 Å². The van der Waals surface area contributed by atoms with Gasteiger partial charge in [-0.15, -0.1) is 0 Å². The molecule has 7 heteroatoms. The number of halogens is 3. The maximum Gasteiger partial charge on any atom is 0.207 e. The summed E-state index contributed by atoms with van der Waals surface area (Å²) in [6.45, 7) is 0. The van der Waals surface area contributed by atoms with Gasteiger partial charge in [0, 0.05) is 10.7 Å². The number of imidazole rings is 1. The zero-order valence-corrected chi connectivity index (χ0v) is 12.6. The smallest absolute Gasteiger partial charge is 0.207 e. The topological polar surface area (TPSA) is 56.7 Å². The molecular weight excluding hydrogens is 379 g/mol. The number of fused-ring (bicyclic) bond motifs is 1. The molecule has 0 aliphatic carbocycles. The molecule has 0 saturated heterocycles. The minimum atomic E-state index is -0.365. The van der Waals surface area contributed by atoms with Crippen LogP contribution in [0.1, 0.15) is 0 Å². The van der Waals surface area contributed by atoms with E-state index >= 15 is 0 Å². The van der Waals surface area contributed by atoms with Crippen LogP contribution in [0.4, 0.5) is 10.3 Å². The zero-order valence-electron chi connectivity index (χ0n) is 9.44. The van der Waals surface area contributed by atoms with Crippen molar-refractivity contribution in [3.63, 3.8) is 0 Å². The molecule has 0 saturated carbocycles. The van der Waals surface area contributed by atoms with E-state index in [1.807, 2.05) is 6.07 Å². The summed E-state index contributed by atoms with van der Waals surface area (Å²) in [4.78, 5) is 8.49. The van der Waals surface area contributed by atoms with E-state index in [0.717, 1.165) is 4.47 Å². The second-order valence-electron chi connectivity index (χ2n) is 3.90. The first-order valence-electron chi connectivity index (χ1n) is 5.31. The van der Waals surface area contributed by atoms with Gasteiger partial charge in [-0.25, -0.2) is 14.4 Å². The molecule has 0 aliphatic heterocycles. The summed E-state index contributed by atoms with van der Waals surface area (Å²) in [5.74, 6) is -0.0989. The van der Waals surface area contributed by atoms with Crippen LogP contribution in [0.2, 0.25) is 0 Å². The Balaban J connectivity index is 2.29. The van der Waals surface area contributed by atoms with Crippen LogP contribution in [0, 0.1) is 5.82 Å². The van der Waals surface area contributed by atoms with Crippen molar-refractivity contribution in [2.75, 3.05) is 5.73 Å². The van der Waals surface area contributed by atoms with Gasteiger partial charge in [0.1, 0.15) is 11.3 Å². The number of hydrogen-bond donors (Lipinski definition) is 1. The molecule has 2 N–H and O–H groups in total. The van der Waals surface area contributed by atoms with Crippen LogP contribution >= 0.6 is 31.9 Å². The van der Waals surface area contributed by atoms with Gasteiger partial charge in [0.25, 0.3) is 0 Å². The lowest BCUT2D eigenvalue weighted by Gasteiger charge is -2.06. The van der Waals surface area contributed by atoms with Gasteiger partial charge in [-0.2, -0.15) is 0 Å². The van der Waals surface area contributed by atoms with E-state index in [2.05, 4.69) is 41.8 Å². The van der Waals surface area contributed by atoms with Crippen LogP contribution < -0.4 is 5.73 Å². The first-order chi connectivity index (χ1) is 9.06. The number of rotatable bonds is 1. The highest BCUT2D eigenvalue weighted by Gasteiger charge is 2.12. The minimum Gasteiger partial charge on any atom is -0.369 e. The number of nitrogen functional groups attached to an aromatic ring is 1. The van der Waals surface area contributed by atoms with Crippen LogP contribution in [-0.2, 0) is 0 Å². The lowest BCUT2D eigenvalue weighted by molar-refractivity contribution is 0.620. The molecule has 0 fully saturated rings. The fourth-order valence-electron chi connectivity index (χ4n) is 1.84. The Morgan fingerprint density at radius 2 is 2.00 bits per heavy atom. The molecule has 3 aromatic rings. The van der Waals surface area contributed by atoms with Gasteiger partial charge >= 0.3 is 0 Å². The summed E-state index contributed by atoms with van der Waals surface area (Å²) in [7, 11) is 0. The van der Waals surface area contributed by atoms with Crippen molar-refractivity contribution in [2.24, 2.45) is 0 Å². The number of anilines is 1. The molecule has 19 heavy (non-hydrogen) atoms. The molecule has 0 atom stereocenters. The van der Waals surface area contributed by atoms with Crippen molar-refractivity contribution in [1.82, 2.24) is 14.5 Å². The van der Waals surface area contributed by atoms with Crippen LogP contribution in [0.15, 0.2) is 39.4 Å². The van der Waals surface area contributed by atoms with Crippen molar-refractivity contribution in [2.45, 2.75) is 0 Å². The molecule has 0 radical (unpaired) electrons. The molecule has 0 unspecified atom stereocenters. The molecule has 1 aromatic carbocycles. The van der Waals surface area contributed by atoms with Gasteiger partial charge in [0.2, 0.25) is 5.95 Å². The molecule has 2 heterocycles. The van der Waals surface area contributed by atoms with Gasteiger partial charge in [-0.1, -0.05) is 0 Å². The first kappa shape index (κ1) is 12.6. The summed E-state index contributed by atoms with van der Waals surface area (Å²) in [5, 5.41) is 0. The summed E-state index contributed by atoms with van der Waals surface area (Å²) in [5.41, 5.74) is 7.70. The molecule has 0 amide bonds. The maximum absolute atomic E-state index is 13.6. The highest BCUT2D eigenvalue weighted by atomic mass is 79.9. The molecule has 0 aliphatic rings. The normalized spacial score (nSPS) is 11.1. The molecule has 2 aromatic heterocycles. The highest BCUT2D eigenvalue weighted by Crippen LogP contribution is 2.26. The Hall–Kier alpha value is -1.47. The van der Waals surface area contributed by atoms with E-state index in [-0.39, 0.29) is 11.8 Å². The summed E-state index contributed by atoms with van der Waals surface area (Å²) in [6, 6.07) is 6.55. The molecule has 0 spiro atoms. The first-order valence-corrected chi connectivity index (χ1v) is 6.90. The third-order valence-corrected chi connectivity index (χ3v) is 3.73. The Kier molecular flexibility index (Phi) is 3.02. The lowest BCUT2D eigenvalue weighted by Crippen LogP contribution is -2.01. The average Bonchev–Trinajstić information content (AvgIpc) is 2.68. The Labute approximate surface area is 124 Å². The second-order valence-corrected chi connectivity index (χ2v) is 5.67. The van der Waals surface area contributed by atoms with E-state index in [4.69, 9.17) is 5.73 Å². The standard InChI is InChI=1S/C12H7Br2FN4/c13-6-3-10-11(17-5-6)19(12(16)18-10)7-1-2-8(14)9(15)4-7/h1-5H,(H2,16,18). The number of benzene rings is 1. The average molecular weight is 386 g/mol. The maximum atomic E-state index is 13.6. The third kappa shape index (κ3) is 2.12. The van der Waals surface area contributed by atoms with Crippen molar-refractivity contribution in [3.8, 4) is 5.69 Å². The number of nitrogens with two attached hydrogens (primary N) is 1. The van der Waals surface area contributed by atoms with Crippen molar-refractivity contribution in [3.05, 3.63) is 45.2 Å². The Morgan fingerprint density at radius 3 is 2.74 bits per heavy atom. The van der Waals surface area contributed by atoms with E-state index < -0.39 is 0 Å². The predicted molar refractivity (Wildman–Crippen MR) is 78.6 cm³/mol. The van der Waals surface area contributed by atoms with Gasteiger partial charge in [0.15, 0.2) is 5.65 Å². The van der Waals surface area contributed by atoms with Crippen molar-refractivity contribution >= 4 is 49.0 Å². The largest absolute Gasteiger partial charge is 0.369 e. The lowest BCUT2D eigenvalue weighted by atomic mass is 10.3. The van der Waals surface area contributed by atoms with Crippen LogP contribution in [0.5, 0.6) is 0 Å². The van der Waals surface area contributed by atoms with Gasteiger partial charge < -0.3 is 5.73 Å². The van der Waals surface area contributed by atoms with E-state index in [1.54, 1.807) is 22.9 Å². The molecule has 4 nitrogen and oxygen atoms in total. The molecular formula is C12H7Br2FN4. The van der Waals surface area contributed by atoms with E-state index in [9.17, 15) is 4.39 Å². The van der Waals surface area contributed by atoms with Gasteiger partial charge in [-0.3, -0.25) is 4.57 Å². The Morgan fingerprint density at radius 1 is 1.21 bits per heavy atom. The number of pyridine rings is 1. The number of aromatic nitrogens is 3. The number of hydrogen-bond acceptors (Lipinski definition) is 3. The van der Waals surface area contributed by atoms with Crippen LogP contribution in [0.3, 0.4) is 0 Å². The SMILES string of the molecule is Nc1nc2cc(Br)cnc2n1-c1ccc(Br)c(F)c1. The van der Waals surface area contributed by atoms with Crippen molar-refractivity contribution < 1.29 is 4.39 Å². The third-order valence-electron chi connectivity index (χ3n) is 2.65. The fourth-order valence-corrected chi connectivity index (χ4v) is 2.40. The Bertz CT molecular complexity index is 785. The van der Waals surface area contributed by atoms with E-state index in [1.165, 1.54) is 6.07 Å². The summed E-state index contributed by atoms with van der Waals surface area (Å²) >= 11 is 6.44. The molecule has 3 rings (SSSR count). The predicted octanol–water partition coefficient (Wildman–Crippen LogP) is 3.67. The zero-order chi connectivity index (χ0) is 13.6. The quantitative estimate of drug-likeness (QED) is 0.695. The minimum absolute atomic E-state index is 0.266. The molecule has 0 bridgehead atoms. The second kappa shape index (κ2) is 4.57. The van der Waals surface area contributed by atoms with Crippen LogP contribution in [0.25, 0.3) is 16.9 Å². The van der Waals surface area contributed by atoms with Gasteiger partial charge in [-0.05, 0) is 56.1 Å². The van der Waals surface area contributed by atoms with Crippen molar-refractivity contribution in [1.29, 1.82) is 0 Å². The summed E-state index contributed by atoms with van der Waals surface area (Å²) in [6.07, 6.45) is 1.65. The van der Waals surface area contributed by atoms with Crippen LogP contribution in [-0.4, -0.2) is 14.5 Å². The fraction of sp³-hybridized carbons (Fsp3) is 0. The van der Waals surface area contributed by atoms with E-state index in [0.29, 0.717) is 21.3 Å². The highest BCUT2D eigenvalue weighted by molar-refractivity contribution is 9.10.